The Balaban J connectivity index is 1.47. The molecule has 1 heterocycles. The van der Waals surface area contributed by atoms with Gasteiger partial charge in [0.25, 0.3) is 0 Å². The lowest BCUT2D eigenvalue weighted by Crippen LogP contribution is -2.38. The molecule has 0 amide bonds. The zero-order valence-corrected chi connectivity index (χ0v) is 17.1. The molecule has 0 N–H and O–H groups in total. The maximum absolute atomic E-state index is 10.7. The van der Waals surface area contributed by atoms with Crippen LogP contribution in [0.2, 0.25) is 0 Å². The molecule has 0 saturated carbocycles. The van der Waals surface area contributed by atoms with Crippen LogP contribution in [-0.2, 0) is 25.9 Å². The van der Waals surface area contributed by atoms with Gasteiger partial charge in [-0.15, -0.1) is 0 Å². The van der Waals surface area contributed by atoms with Crippen molar-refractivity contribution < 1.29 is 24.0 Å². The van der Waals surface area contributed by atoms with Crippen LogP contribution in [-0.4, -0.2) is 50.3 Å². The van der Waals surface area contributed by atoms with Gasteiger partial charge >= 0.3 is 5.97 Å². The summed E-state index contributed by atoms with van der Waals surface area (Å²) in [6.07, 6.45) is 2.22. The van der Waals surface area contributed by atoms with E-state index in [-0.39, 0.29) is 6.10 Å². The van der Waals surface area contributed by atoms with Gasteiger partial charge in [-0.25, -0.2) is 4.79 Å². The first-order chi connectivity index (χ1) is 14.2. The molecule has 2 aromatic rings. The first-order valence-corrected chi connectivity index (χ1v) is 10.0. The van der Waals surface area contributed by atoms with Crippen molar-refractivity contribution in [3.63, 3.8) is 0 Å². The number of benzene rings is 2. The summed E-state index contributed by atoms with van der Waals surface area (Å²) in [5, 5.41) is 0. The minimum absolute atomic E-state index is 0.254. The average Bonchev–Trinajstić information content (AvgIpc) is 2.76. The molecule has 2 aromatic carbocycles. The molecule has 0 radical (unpaired) electrons. The lowest BCUT2D eigenvalue weighted by Gasteiger charge is -2.31. The maximum Gasteiger partial charge on any atom is 0.339 e. The van der Waals surface area contributed by atoms with E-state index in [1.165, 1.54) is 18.1 Å². The highest BCUT2D eigenvalue weighted by molar-refractivity contribution is 5.67. The Morgan fingerprint density at radius 3 is 2.48 bits per heavy atom. The Morgan fingerprint density at radius 2 is 1.79 bits per heavy atom. The van der Waals surface area contributed by atoms with Gasteiger partial charge in [0.2, 0.25) is 0 Å². The van der Waals surface area contributed by atoms with Crippen molar-refractivity contribution in [2.24, 2.45) is 0 Å². The summed E-state index contributed by atoms with van der Waals surface area (Å²) < 4.78 is 11.5. The van der Waals surface area contributed by atoms with Gasteiger partial charge in [-0.3, -0.25) is 4.89 Å². The smallest absolute Gasteiger partial charge is 0.339 e. The highest BCUT2D eigenvalue weighted by Gasteiger charge is 2.20. The topological polar surface area (TPSA) is 57.2 Å². The van der Waals surface area contributed by atoms with E-state index in [9.17, 15) is 4.79 Å². The summed E-state index contributed by atoms with van der Waals surface area (Å²) in [6.45, 7) is 4.97. The molecule has 6 nitrogen and oxygen atoms in total. The van der Waals surface area contributed by atoms with Crippen LogP contribution in [0.25, 0.3) is 11.1 Å². The number of carbonyl (C=O) groups is 1. The number of nitrogens with zero attached hydrogens (tertiary/aromatic N) is 1. The van der Waals surface area contributed by atoms with Gasteiger partial charge in [-0.2, -0.15) is 4.89 Å². The molecule has 1 saturated heterocycles. The largest absolute Gasteiger partial charge is 0.497 e. The third kappa shape index (κ3) is 6.56. The van der Waals surface area contributed by atoms with Crippen LogP contribution >= 0.6 is 0 Å². The van der Waals surface area contributed by atoms with Crippen molar-refractivity contribution in [1.29, 1.82) is 0 Å². The predicted molar refractivity (Wildman–Crippen MR) is 110 cm³/mol. The molecule has 1 fully saturated rings. The fraction of sp³-hybridized carbons (Fsp3) is 0.435. The number of hydrogen-bond acceptors (Lipinski definition) is 6. The molecule has 0 aliphatic carbocycles. The van der Waals surface area contributed by atoms with Crippen LogP contribution in [0.1, 0.15) is 25.3 Å². The first kappa shape index (κ1) is 21.3. The lowest BCUT2D eigenvalue weighted by molar-refractivity contribution is -0.271. The highest BCUT2D eigenvalue weighted by atomic mass is 17.2. The molecule has 0 spiro atoms. The average molecular weight is 399 g/mol. The van der Waals surface area contributed by atoms with Crippen LogP contribution in [0.4, 0.5) is 0 Å². The van der Waals surface area contributed by atoms with Crippen LogP contribution in [0.3, 0.4) is 0 Å². The minimum Gasteiger partial charge on any atom is -0.497 e. The summed E-state index contributed by atoms with van der Waals surface area (Å²) >= 11 is 0. The SMILES string of the molecule is COc1ccc(-c2ccccc2COC2CCN(CCOOC(C)=O)CC2)cc1. The van der Waals surface area contributed by atoms with E-state index < -0.39 is 5.97 Å². The molecule has 6 heteroatoms. The Morgan fingerprint density at radius 1 is 1.07 bits per heavy atom. The van der Waals surface area contributed by atoms with Crippen molar-refractivity contribution in [3.05, 3.63) is 54.1 Å². The van der Waals surface area contributed by atoms with E-state index in [1.807, 2.05) is 12.1 Å². The van der Waals surface area contributed by atoms with Crippen LogP contribution < -0.4 is 4.74 Å². The summed E-state index contributed by atoms with van der Waals surface area (Å²) in [5.74, 6) is 0.430. The zero-order chi connectivity index (χ0) is 20.5. The molecule has 1 aliphatic rings. The number of carbonyl (C=O) groups excluding carboxylic acids is 1. The van der Waals surface area contributed by atoms with Gasteiger partial charge in [-0.05, 0) is 41.7 Å². The van der Waals surface area contributed by atoms with Gasteiger partial charge in [0, 0.05) is 26.6 Å². The maximum atomic E-state index is 10.7. The van der Waals surface area contributed by atoms with E-state index in [0.717, 1.165) is 43.8 Å². The van der Waals surface area contributed by atoms with E-state index in [0.29, 0.717) is 13.2 Å². The number of piperidine rings is 1. The van der Waals surface area contributed by atoms with E-state index in [4.69, 9.17) is 14.4 Å². The normalized spacial score (nSPS) is 15.2. The first-order valence-electron chi connectivity index (χ1n) is 10.0. The molecule has 156 valence electrons. The quantitative estimate of drug-likeness (QED) is 0.363. The number of methoxy groups -OCH3 is 1. The second-order valence-electron chi connectivity index (χ2n) is 7.13. The monoisotopic (exact) mass is 399 g/mol. The third-order valence-electron chi connectivity index (χ3n) is 5.09. The number of ether oxygens (including phenoxy) is 2. The van der Waals surface area contributed by atoms with Crippen molar-refractivity contribution in [1.82, 2.24) is 4.90 Å². The molecule has 3 rings (SSSR count). The van der Waals surface area contributed by atoms with Crippen LogP contribution in [0.15, 0.2) is 48.5 Å². The molecular formula is C23H29NO5. The van der Waals surface area contributed by atoms with Gasteiger partial charge < -0.3 is 14.4 Å². The number of rotatable bonds is 9. The van der Waals surface area contributed by atoms with E-state index in [2.05, 4.69) is 46.2 Å². The summed E-state index contributed by atoms with van der Waals surface area (Å²) in [6, 6.07) is 16.5. The molecular weight excluding hydrogens is 370 g/mol. The Hall–Kier alpha value is -2.41. The van der Waals surface area contributed by atoms with Crippen molar-refractivity contribution in [3.8, 4) is 16.9 Å². The van der Waals surface area contributed by atoms with Gasteiger partial charge in [-0.1, -0.05) is 36.4 Å². The zero-order valence-electron chi connectivity index (χ0n) is 17.1. The number of likely N-dealkylation sites (tertiary alicyclic amines) is 1. The summed E-state index contributed by atoms with van der Waals surface area (Å²) in [7, 11) is 1.68. The fourth-order valence-electron chi connectivity index (χ4n) is 3.50. The Labute approximate surface area is 172 Å². The number of hydrogen-bond donors (Lipinski definition) is 0. The molecule has 1 aliphatic heterocycles. The third-order valence-corrected chi connectivity index (χ3v) is 5.09. The fourth-order valence-corrected chi connectivity index (χ4v) is 3.50. The van der Waals surface area contributed by atoms with Gasteiger partial charge in [0.15, 0.2) is 0 Å². The summed E-state index contributed by atoms with van der Waals surface area (Å²) in [4.78, 5) is 22.4. The molecule has 0 atom stereocenters. The van der Waals surface area contributed by atoms with Crippen LogP contribution in [0.5, 0.6) is 5.75 Å². The second kappa shape index (κ2) is 11.0. The Kier molecular flexibility index (Phi) is 8.04. The van der Waals surface area contributed by atoms with Crippen molar-refractivity contribution in [2.45, 2.75) is 32.5 Å². The van der Waals surface area contributed by atoms with Crippen LogP contribution in [0, 0.1) is 0 Å². The lowest BCUT2D eigenvalue weighted by atomic mass is 10.00. The second-order valence-corrected chi connectivity index (χ2v) is 7.13. The molecule has 0 unspecified atom stereocenters. The van der Waals surface area contributed by atoms with Gasteiger partial charge in [0.1, 0.15) is 12.4 Å². The molecule has 29 heavy (non-hydrogen) atoms. The van der Waals surface area contributed by atoms with Crippen molar-refractivity contribution >= 4 is 5.97 Å². The molecule has 0 aromatic heterocycles. The predicted octanol–water partition coefficient (Wildman–Crippen LogP) is 3.84. The Bertz CT molecular complexity index is 769. The standard InChI is InChI=1S/C23H29NO5/c1-18(25)29-28-16-15-24-13-11-22(12-14-24)27-17-20-5-3-4-6-23(20)19-7-9-21(26-2)10-8-19/h3-10,22H,11-17H2,1-2H3. The summed E-state index contributed by atoms with van der Waals surface area (Å²) in [5.41, 5.74) is 3.54. The highest BCUT2D eigenvalue weighted by Crippen LogP contribution is 2.27. The van der Waals surface area contributed by atoms with E-state index in [1.54, 1.807) is 7.11 Å². The van der Waals surface area contributed by atoms with E-state index >= 15 is 0 Å². The van der Waals surface area contributed by atoms with Crippen molar-refractivity contribution in [2.75, 3.05) is 33.4 Å². The van der Waals surface area contributed by atoms with Gasteiger partial charge in [0.05, 0.1) is 19.8 Å². The minimum atomic E-state index is -0.424. The molecule has 0 bridgehead atoms.